The average Bonchev–Trinajstić information content (AvgIpc) is 2.83. The molecule has 1 aromatic heterocycles. The summed E-state index contributed by atoms with van der Waals surface area (Å²) in [4.78, 5) is 4.35. The lowest BCUT2D eigenvalue weighted by Crippen LogP contribution is -2.03. The Morgan fingerprint density at radius 1 is 1.54 bits per heavy atom. The first-order valence-electron chi connectivity index (χ1n) is 4.78. The van der Waals surface area contributed by atoms with Gasteiger partial charge >= 0.3 is 0 Å². The maximum Gasteiger partial charge on any atom is 0.153 e. The van der Waals surface area contributed by atoms with Gasteiger partial charge in [0, 0.05) is 5.92 Å². The number of nitrogens with zero attached hydrogens (tertiary/aromatic N) is 2. The molecule has 0 bridgehead atoms. The lowest BCUT2D eigenvalue weighted by Gasteiger charge is -2.03. The Morgan fingerprint density at radius 3 is 2.92 bits per heavy atom. The third kappa shape index (κ3) is 2.28. The Bertz CT molecular complexity index is 278. The Morgan fingerprint density at radius 2 is 2.31 bits per heavy atom. The standard InChI is InChI=1S/C9H15N3O/c1-6(2)13-5-8-10-9(12-11-8)7-3-4-7/h6-7H,3-5H2,1-2H3,(H,10,11,12). The molecule has 0 amide bonds. The van der Waals surface area contributed by atoms with Gasteiger partial charge in [-0.25, -0.2) is 4.98 Å². The summed E-state index contributed by atoms with van der Waals surface area (Å²) in [5.41, 5.74) is 0. The van der Waals surface area contributed by atoms with Crippen molar-refractivity contribution in [1.82, 2.24) is 15.2 Å². The highest BCUT2D eigenvalue weighted by Gasteiger charge is 2.27. The van der Waals surface area contributed by atoms with E-state index >= 15 is 0 Å². The van der Waals surface area contributed by atoms with Gasteiger partial charge in [0.25, 0.3) is 0 Å². The summed E-state index contributed by atoms with van der Waals surface area (Å²) in [6.07, 6.45) is 2.72. The average molecular weight is 181 g/mol. The fraction of sp³-hybridized carbons (Fsp3) is 0.778. The van der Waals surface area contributed by atoms with E-state index in [0.29, 0.717) is 12.5 Å². The Kier molecular flexibility index (Phi) is 2.31. The van der Waals surface area contributed by atoms with E-state index in [4.69, 9.17) is 4.74 Å². The van der Waals surface area contributed by atoms with Crippen molar-refractivity contribution in [2.45, 2.75) is 45.3 Å². The van der Waals surface area contributed by atoms with Gasteiger partial charge in [-0.2, -0.15) is 5.10 Å². The quantitative estimate of drug-likeness (QED) is 0.767. The topological polar surface area (TPSA) is 50.8 Å². The SMILES string of the molecule is CC(C)OCc1nc(C2CC2)n[nH]1. The molecule has 0 radical (unpaired) electrons. The zero-order valence-electron chi connectivity index (χ0n) is 8.08. The number of aromatic nitrogens is 3. The van der Waals surface area contributed by atoms with Crippen LogP contribution in [-0.4, -0.2) is 21.3 Å². The molecule has 0 aromatic carbocycles. The van der Waals surface area contributed by atoms with Crippen LogP contribution in [0, 0.1) is 0 Å². The van der Waals surface area contributed by atoms with Gasteiger partial charge in [-0.3, -0.25) is 5.10 Å². The summed E-state index contributed by atoms with van der Waals surface area (Å²) in [6, 6.07) is 0. The van der Waals surface area contributed by atoms with Gasteiger partial charge in [0.1, 0.15) is 6.61 Å². The number of nitrogens with one attached hydrogen (secondary N) is 1. The lowest BCUT2D eigenvalue weighted by molar-refractivity contribution is 0.0614. The van der Waals surface area contributed by atoms with Crippen molar-refractivity contribution in [3.05, 3.63) is 11.6 Å². The van der Waals surface area contributed by atoms with Gasteiger partial charge in [-0.15, -0.1) is 0 Å². The van der Waals surface area contributed by atoms with E-state index < -0.39 is 0 Å². The number of ether oxygens (including phenoxy) is 1. The number of aromatic amines is 1. The Labute approximate surface area is 77.7 Å². The molecule has 1 aliphatic carbocycles. The van der Waals surface area contributed by atoms with E-state index in [9.17, 15) is 0 Å². The second kappa shape index (κ2) is 3.46. The molecule has 1 saturated carbocycles. The van der Waals surface area contributed by atoms with Gasteiger partial charge in [0.05, 0.1) is 6.10 Å². The van der Waals surface area contributed by atoms with Crippen LogP contribution >= 0.6 is 0 Å². The van der Waals surface area contributed by atoms with Crippen LogP contribution in [0.15, 0.2) is 0 Å². The summed E-state index contributed by atoms with van der Waals surface area (Å²) < 4.78 is 5.41. The summed E-state index contributed by atoms with van der Waals surface area (Å²) in [7, 11) is 0. The minimum absolute atomic E-state index is 0.245. The number of hydrogen-bond donors (Lipinski definition) is 1. The van der Waals surface area contributed by atoms with E-state index in [-0.39, 0.29) is 6.10 Å². The first-order valence-corrected chi connectivity index (χ1v) is 4.78. The molecule has 0 saturated heterocycles. The maximum absolute atomic E-state index is 5.41. The first kappa shape index (κ1) is 8.69. The molecule has 1 aliphatic rings. The van der Waals surface area contributed by atoms with E-state index in [1.165, 1.54) is 12.8 Å². The molecular formula is C9H15N3O. The number of hydrogen-bond acceptors (Lipinski definition) is 3. The third-order valence-electron chi connectivity index (χ3n) is 2.04. The molecule has 0 spiro atoms. The van der Waals surface area contributed by atoms with Gasteiger partial charge in [-0.1, -0.05) is 0 Å². The van der Waals surface area contributed by atoms with E-state index in [1.54, 1.807) is 0 Å². The first-order chi connectivity index (χ1) is 6.25. The highest BCUT2D eigenvalue weighted by atomic mass is 16.5. The summed E-state index contributed by atoms with van der Waals surface area (Å²) in [6.45, 7) is 4.56. The fourth-order valence-electron chi connectivity index (χ4n) is 1.14. The van der Waals surface area contributed by atoms with Crippen LogP contribution < -0.4 is 0 Å². The summed E-state index contributed by atoms with van der Waals surface area (Å²) in [5, 5.41) is 7.04. The molecule has 1 heterocycles. The molecule has 4 nitrogen and oxygen atoms in total. The zero-order valence-corrected chi connectivity index (χ0v) is 8.08. The monoisotopic (exact) mass is 181 g/mol. The minimum atomic E-state index is 0.245. The van der Waals surface area contributed by atoms with E-state index in [1.807, 2.05) is 13.8 Å². The highest BCUT2D eigenvalue weighted by molar-refractivity contribution is 5.04. The fourth-order valence-corrected chi connectivity index (χ4v) is 1.14. The molecular weight excluding hydrogens is 166 g/mol. The summed E-state index contributed by atoms with van der Waals surface area (Å²) in [5.74, 6) is 2.42. The molecule has 0 aliphatic heterocycles. The predicted octanol–water partition coefficient (Wildman–Crippen LogP) is 1.61. The molecule has 2 rings (SSSR count). The van der Waals surface area contributed by atoms with Crippen LogP contribution in [0.2, 0.25) is 0 Å². The lowest BCUT2D eigenvalue weighted by atomic mass is 10.4. The third-order valence-corrected chi connectivity index (χ3v) is 2.04. The summed E-state index contributed by atoms with van der Waals surface area (Å²) >= 11 is 0. The van der Waals surface area contributed by atoms with Crippen molar-refractivity contribution < 1.29 is 4.74 Å². The maximum atomic E-state index is 5.41. The molecule has 72 valence electrons. The number of rotatable bonds is 4. The van der Waals surface area contributed by atoms with E-state index in [0.717, 1.165) is 11.6 Å². The van der Waals surface area contributed by atoms with Crippen molar-refractivity contribution in [1.29, 1.82) is 0 Å². The van der Waals surface area contributed by atoms with Gasteiger partial charge in [-0.05, 0) is 26.7 Å². The van der Waals surface area contributed by atoms with Crippen LogP contribution in [0.1, 0.15) is 44.3 Å². The Balaban J connectivity index is 1.89. The van der Waals surface area contributed by atoms with Crippen LogP contribution in [-0.2, 0) is 11.3 Å². The van der Waals surface area contributed by atoms with Gasteiger partial charge < -0.3 is 4.74 Å². The van der Waals surface area contributed by atoms with Crippen molar-refractivity contribution in [3.8, 4) is 0 Å². The normalized spacial score (nSPS) is 16.8. The second-order valence-electron chi connectivity index (χ2n) is 3.77. The molecule has 0 unspecified atom stereocenters. The van der Waals surface area contributed by atoms with Crippen LogP contribution in [0.5, 0.6) is 0 Å². The second-order valence-corrected chi connectivity index (χ2v) is 3.77. The molecule has 1 fully saturated rings. The van der Waals surface area contributed by atoms with Crippen molar-refractivity contribution >= 4 is 0 Å². The highest BCUT2D eigenvalue weighted by Crippen LogP contribution is 2.37. The Hall–Kier alpha value is -0.900. The van der Waals surface area contributed by atoms with Gasteiger partial charge in [0.15, 0.2) is 11.6 Å². The van der Waals surface area contributed by atoms with Crippen LogP contribution in [0.25, 0.3) is 0 Å². The van der Waals surface area contributed by atoms with Crippen molar-refractivity contribution in [2.75, 3.05) is 0 Å². The molecule has 4 heteroatoms. The van der Waals surface area contributed by atoms with Crippen LogP contribution in [0.4, 0.5) is 0 Å². The van der Waals surface area contributed by atoms with Gasteiger partial charge in [0.2, 0.25) is 0 Å². The smallest absolute Gasteiger partial charge is 0.153 e. The van der Waals surface area contributed by atoms with Crippen molar-refractivity contribution in [3.63, 3.8) is 0 Å². The molecule has 13 heavy (non-hydrogen) atoms. The zero-order chi connectivity index (χ0) is 9.26. The minimum Gasteiger partial charge on any atom is -0.371 e. The largest absolute Gasteiger partial charge is 0.371 e. The number of H-pyrrole nitrogens is 1. The molecule has 1 aromatic rings. The predicted molar refractivity (Wildman–Crippen MR) is 48.3 cm³/mol. The van der Waals surface area contributed by atoms with Crippen molar-refractivity contribution in [2.24, 2.45) is 0 Å². The molecule has 0 atom stereocenters. The van der Waals surface area contributed by atoms with E-state index in [2.05, 4.69) is 15.2 Å². The molecule has 1 N–H and O–H groups in total. The van der Waals surface area contributed by atoms with Crippen LogP contribution in [0.3, 0.4) is 0 Å².